The van der Waals surface area contributed by atoms with E-state index < -0.39 is 42.0 Å². The van der Waals surface area contributed by atoms with Crippen LogP contribution in [-0.2, 0) is 23.7 Å². The van der Waals surface area contributed by atoms with Crippen molar-refractivity contribution in [2.24, 2.45) is 0 Å². The van der Waals surface area contributed by atoms with Crippen molar-refractivity contribution in [3.8, 4) is 0 Å². The predicted octanol–water partition coefficient (Wildman–Crippen LogP) is 3.15. The van der Waals surface area contributed by atoms with Crippen LogP contribution < -0.4 is 0 Å². The van der Waals surface area contributed by atoms with E-state index in [4.69, 9.17) is 18.9 Å². The van der Waals surface area contributed by atoms with E-state index >= 15 is 0 Å². The Balaban J connectivity index is 2.18. The molecule has 2 rings (SSSR count). The van der Waals surface area contributed by atoms with Crippen molar-refractivity contribution in [1.29, 1.82) is 0 Å². The highest BCUT2D eigenvalue weighted by Gasteiger charge is 2.47. The number of carbonyl (C=O) groups is 3. The molecule has 0 bridgehead atoms. The van der Waals surface area contributed by atoms with Gasteiger partial charge in [0.15, 0.2) is 6.29 Å². The molecule has 0 aliphatic carbocycles. The molecule has 160 valence electrons. The van der Waals surface area contributed by atoms with Crippen molar-refractivity contribution in [2.45, 2.75) is 65.1 Å². The molecule has 1 heterocycles. The largest absolute Gasteiger partial charge is 0.456 e. The van der Waals surface area contributed by atoms with Crippen molar-refractivity contribution in [3.63, 3.8) is 0 Å². The molecule has 0 spiro atoms. The lowest BCUT2D eigenvalue weighted by atomic mass is 10.1. The normalized spacial score (nSPS) is 20.4. The molecule has 1 fully saturated rings. The summed E-state index contributed by atoms with van der Waals surface area (Å²) in [7, 11) is 0. The fourth-order valence-electron chi connectivity index (χ4n) is 2.90. The summed E-state index contributed by atoms with van der Waals surface area (Å²) in [6.07, 6.45) is -2.31. The van der Waals surface area contributed by atoms with Gasteiger partial charge in [-0.05, 0) is 46.8 Å². The lowest BCUT2D eigenvalue weighted by Gasteiger charge is -2.29. The van der Waals surface area contributed by atoms with Gasteiger partial charge in [0.2, 0.25) is 5.91 Å². The van der Waals surface area contributed by atoms with Crippen LogP contribution in [0.3, 0.4) is 0 Å². The molecule has 1 aliphatic heterocycles. The summed E-state index contributed by atoms with van der Waals surface area (Å²) in [5.74, 6) is -1.06. The number of rotatable bonds is 7. The van der Waals surface area contributed by atoms with Gasteiger partial charge in [-0.1, -0.05) is 18.2 Å². The third kappa shape index (κ3) is 6.54. The van der Waals surface area contributed by atoms with E-state index in [-0.39, 0.29) is 13.0 Å². The topological polar surface area (TPSA) is 91.4 Å². The minimum Gasteiger partial charge on any atom is -0.456 e. The van der Waals surface area contributed by atoms with Gasteiger partial charge in [0.1, 0.15) is 17.7 Å². The maximum atomic E-state index is 12.6. The van der Waals surface area contributed by atoms with Gasteiger partial charge >= 0.3 is 12.1 Å². The van der Waals surface area contributed by atoms with Gasteiger partial charge in [0, 0.05) is 6.61 Å². The van der Waals surface area contributed by atoms with Crippen LogP contribution in [0.5, 0.6) is 0 Å². The summed E-state index contributed by atoms with van der Waals surface area (Å²) in [4.78, 5) is 38.6. The Morgan fingerprint density at radius 1 is 1.17 bits per heavy atom. The molecular weight excluding hydrogens is 378 g/mol. The highest BCUT2D eigenvalue weighted by molar-refractivity contribution is 5.96. The molecule has 1 unspecified atom stereocenters. The van der Waals surface area contributed by atoms with Crippen LogP contribution in [-0.4, -0.2) is 60.1 Å². The number of likely N-dealkylation sites (tertiary alicyclic amines) is 1. The van der Waals surface area contributed by atoms with Crippen molar-refractivity contribution in [3.05, 3.63) is 35.9 Å². The zero-order valence-corrected chi connectivity index (χ0v) is 17.5. The molecule has 2 amide bonds. The average molecular weight is 407 g/mol. The van der Waals surface area contributed by atoms with Gasteiger partial charge < -0.3 is 18.9 Å². The van der Waals surface area contributed by atoms with Crippen molar-refractivity contribution >= 4 is 18.0 Å². The molecule has 3 atom stereocenters. The number of hydrogen-bond donors (Lipinski definition) is 0. The molecule has 8 nitrogen and oxygen atoms in total. The Kier molecular flexibility index (Phi) is 7.75. The second-order valence-corrected chi connectivity index (χ2v) is 7.68. The summed E-state index contributed by atoms with van der Waals surface area (Å²) in [5, 5.41) is 0. The first-order valence-electron chi connectivity index (χ1n) is 9.66. The van der Waals surface area contributed by atoms with Gasteiger partial charge in [-0.25, -0.2) is 14.5 Å². The van der Waals surface area contributed by atoms with Crippen LogP contribution in [0.4, 0.5) is 4.79 Å². The van der Waals surface area contributed by atoms with Gasteiger partial charge in [-0.2, -0.15) is 0 Å². The Morgan fingerprint density at radius 2 is 1.83 bits per heavy atom. The Morgan fingerprint density at radius 3 is 2.41 bits per heavy atom. The van der Waals surface area contributed by atoms with Crippen LogP contribution in [0, 0.1) is 0 Å². The van der Waals surface area contributed by atoms with Crippen molar-refractivity contribution in [1.82, 2.24) is 4.90 Å². The Labute approximate surface area is 171 Å². The first-order valence-corrected chi connectivity index (χ1v) is 9.66. The molecule has 1 aromatic rings. The number of nitrogens with zero attached hydrogens (tertiary/aromatic N) is 1. The smallest absolute Gasteiger partial charge is 0.417 e. The monoisotopic (exact) mass is 407 g/mol. The number of benzene rings is 1. The summed E-state index contributed by atoms with van der Waals surface area (Å²) >= 11 is 0. The predicted molar refractivity (Wildman–Crippen MR) is 104 cm³/mol. The quantitative estimate of drug-likeness (QED) is 0.506. The van der Waals surface area contributed by atoms with E-state index in [1.165, 1.54) is 0 Å². The average Bonchev–Trinajstić information content (AvgIpc) is 2.94. The van der Waals surface area contributed by atoms with Gasteiger partial charge in [-0.15, -0.1) is 0 Å². The first kappa shape index (κ1) is 22.8. The summed E-state index contributed by atoms with van der Waals surface area (Å²) in [6.45, 7) is 9.08. The fraction of sp³-hybridized carbons (Fsp3) is 0.571. The molecule has 29 heavy (non-hydrogen) atoms. The third-order valence-electron chi connectivity index (χ3n) is 4.17. The maximum Gasteiger partial charge on any atom is 0.417 e. The Bertz CT molecular complexity index is 713. The van der Waals surface area contributed by atoms with E-state index in [0.29, 0.717) is 12.2 Å². The van der Waals surface area contributed by atoms with Gasteiger partial charge in [-0.3, -0.25) is 4.79 Å². The molecular formula is C21H29NO7. The van der Waals surface area contributed by atoms with Gasteiger partial charge in [0.25, 0.3) is 0 Å². The Hall–Kier alpha value is -2.45. The van der Waals surface area contributed by atoms with Crippen LogP contribution in [0.1, 0.15) is 51.4 Å². The number of hydrogen-bond acceptors (Lipinski definition) is 7. The van der Waals surface area contributed by atoms with Crippen LogP contribution >= 0.6 is 0 Å². The molecule has 0 N–H and O–H groups in total. The van der Waals surface area contributed by atoms with Crippen LogP contribution in [0.2, 0.25) is 0 Å². The molecule has 0 aromatic heterocycles. The number of carbonyl (C=O) groups excluding carboxylic acids is 3. The number of esters is 1. The zero-order chi connectivity index (χ0) is 21.6. The second-order valence-electron chi connectivity index (χ2n) is 7.68. The summed E-state index contributed by atoms with van der Waals surface area (Å²) < 4.78 is 21.9. The lowest BCUT2D eigenvalue weighted by molar-refractivity contribution is -0.145. The number of ether oxygens (including phenoxy) is 4. The lowest BCUT2D eigenvalue weighted by Crippen LogP contribution is -2.47. The van der Waals surface area contributed by atoms with E-state index in [2.05, 4.69) is 0 Å². The van der Waals surface area contributed by atoms with E-state index in [1.807, 2.05) is 6.92 Å². The minimum atomic E-state index is -0.850. The highest BCUT2D eigenvalue weighted by Crippen LogP contribution is 2.26. The molecule has 1 aromatic carbocycles. The minimum absolute atomic E-state index is 0.0428. The first-order chi connectivity index (χ1) is 13.6. The molecule has 1 saturated heterocycles. The van der Waals surface area contributed by atoms with Crippen molar-refractivity contribution in [2.75, 3.05) is 13.2 Å². The van der Waals surface area contributed by atoms with Crippen molar-refractivity contribution < 1.29 is 33.3 Å². The summed E-state index contributed by atoms with van der Waals surface area (Å²) in [5.41, 5.74) is -0.418. The molecule has 0 radical (unpaired) electrons. The highest BCUT2D eigenvalue weighted by atomic mass is 16.7. The fourth-order valence-corrected chi connectivity index (χ4v) is 2.90. The number of amides is 2. The number of imide groups is 1. The van der Waals surface area contributed by atoms with Gasteiger partial charge in [0.05, 0.1) is 18.6 Å². The zero-order valence-electron chi connectivity index (χ0n) is 17.5. The standard InChI is InChI=1S/C21H29NO7/c1-6-26-14(2)27-13-16-17(28-19(24)15-10-8-7-9-11-15)12-18(23)22(16)20(25)29-21(3,4)5/h7-11,14,16-17H,6,12-13H2,1-5H3/t14?,16-,17+/m1/s1. The molecule has 8 heteroatoms. The molecule has 0 saturated carbocycles. The summed E-state index contributed by atoms with van der Waals surface area (Å²) in [6, 6.07) is 7.64. The van der Waals surface area contributed by atoms with Crippen LogP contribution in [0.15, 0.2) is 30.3 Å². The third-order valence-corrected chi connectivity index (χ3v) is 4.17. The van der Waals surface area contributed by atoms with E-state index in [0.717, 1.165) is 4.90 Å². The van der Waals surface area contributed by atoms with E-state index in [1.54, 1.807) is 58.0 Å². The van der Waals surface area contributed by atoms with E-state index in [9.17, 15) is 14.4 Å². The molecule has 1 aliphatic rings. The van der Waals surface area contributed by atoms with Crippen LogP contribution in [0.25, 0.3) is 0 Å². The SMILES string of the molecule is CCOC(C)OC[C@@H]1[C@@H](OC(=O)c2ccccc2)CC(=O)N1C(=O)OC(C)(C)C. The second kappa shape index (κ2) is 9.84. The maximum absolute atomic E-state index is 12.6.